The van der Waals surface area contributed by atoms with Crippen LogP contribution < -0.4 is 10.9 Å². The van der Waals surface area contributed by atoms with Crippen molar-refractivity contribution in [2.75, 3.05) is 12.1 Å². The minimum Gasteiger partial charge on any atom is -0.281 e. The monoisotopic (exact) mass is 235 g/mol. The molecule has 0 fully saturated rings. The van der Waals surface area contributed by atoms with Crippen molar-refractivity contribution in [3.8, 4) is 11.3 Å². The Bertz CT molecular complexity index is 483. The highest BCUT2D eigenvalue weighted by Gasteiger charge is 2.04. The second kappa shape index (κ2) is 4.42. The largest absolute Gasteiger partial charge is 0.281 e. The van der Waals surface area contributed by atoms with Crippen LogP contribution in [-0.4, -0.2) is 22.2 Å². The van der Waals surface area contributed by atoms with Gasteiger partial charge in [0.2, 0.25) is 0 Å². The molecule has 0 bridgehead atoms. The average molecular weight is 236 g/mol. The van der Waals surface area contributed by atoms with Crippen LogP contribution in [0.25, 0.3) is 11.3 Å². The molecule has 0 amide bonds. The lowest BCUT2D eigenvalue weighted by Crippen LogP contribution is -2.27. The van der Waals surface area contributed by atoms with Crippen molar-refractivity contribution in [2.24, 2.45) is 5.84 Å². The van der Waals surface area contributed by atoms with Crippen LogP contribution in [0, 0.1) is 0 Å². The van der Waals surface area contributed by atoms with Gasteiger partial charge in [-0.1, -0.05) is 23.7 Å². The molecule has 1 aromatic carbocycles. The number of hydrazine groups is 1. The van der Waals surface area contributed by atoms with Gasteiger partial charge in [0.15, 0.2) is 0 Å². The zero-order chi connectivity index (χ0) is 11.5. The number of benzene rings is 1. The van der Waals surface area contributed by atoms with Crippen LogP contribution in [0.1, 0.15) is 0 Å². The summed E-state index contributed by atoms with van der Waals surface area (Å²) >= 11 is 5.80. The van der Waals surface area contributed by atoms with Gasteiger partial charge < -0.3 is 0 Å². The minimum atomic E-state index is 0.368. The van der Waals surface area contributed by atoms with Crippen LogP contribution >= 0.6 is 11.6 Å². The number of aromatic nitrogens is 3. The number of nitrogens with two attached hydrogens (primary N) is 1. The van der Waals surface area contributed by atoms with Crippen molar-refractivity contribution in [2.45, 2.75) is 0 Å². The van der Waals surface area contributed by atoms with Crippen LogP contribution in [-0.2, 0) is 0 Å². The van der Waals surface area contributed by atoms with Gasteiger partial charge in [-0.25, -0.2) is 10.8 Å². The Morgan fingerprint density at radius 1 is 1.25 bits per heavy atom. The van der Waals surface area contributed by atoms with Gasteiger partial charge in [-0.05, 0) is 12.1 Å². The molecule has 1 aromatic heterocycles. The molecule has 6 heteroatoms. The molecule has 0 atom stereocenters. The molecule has 16 heavy (non-hydrogen) atoms. The minimum absolute atomic E-state index is 0.368. The molecule has 2 aromatic rings. The molecule has 0 unspecified atom stereocenters. The van der Waals surface area contributed by atoms with E-state index in [1.165, 1.54) is 5.01 Å². The molecule has 2 N–H and O–H groups in total. The quantitative estimate of drug-likeness (QED) is 0.631. The van der Waals surface area contributed by atoms with Gasteiger partial charge >= 0.3 is 0 Å². The molecule has 1 heterocycles. The highest BCUT2D eigenvalue weighted by atomic mass is 35.5. The first-order valence-electron chi connectivity index (χ1n) is 4.61. The van der Waals surface area contributed by atoms with Gasteiger partial charge in [-0.15, -0.1) is 5.10 Å². The Morgan fingerprint density at radius 3 is 2.56 bits per heavy atom. The van der Waals surface area contributed by atoms with E-state index in [9.17, 15) is 0 Å². The van der Waals surface area contributed by atoms with E-state index in [2.05, 4.69) is 15.2 Å². The fourth-order valence-electron chi connectivity index (χ4n) is 1.20. The van der Waals surface area contributed by atoms with Gasteiger partial charge in [-0.3, -0.25) is 5.01 Å². The van der Waals surface area contributed by atoms with Crippen molar-refractivity contribution in [3.05, 3.63) is 35.5 Å². The third-order valence-electron chi connectivity index (χ3n) is 2.00. The summed E-state index contributed by atoms with van der Waals surface area (Å²) in [5.41, 5.74) is 1.63. The smallest absolute Gasteiger partial charge is 0.259 e. The Morgan fingerprint density at radius 2 is 1.94 bits per heavy atom. The van der Waals surface area contributed by atoms with Crippen molar-refractivity contribution in [1.29, 1.82) is 0 Å². The van der Waals surface area contributed by atoms with Crippen molar-refractivity contribution >= 4 is 17.5 Å². The number of nitrogens with zero attached hydrogens (tertiary/aromatic N) is 4. The van der Waals surface area contributed by atoms with E-state index in [0.717, 1.165) is 5.56 Å². The Labute approximate surface area is 97.9 Å². The lowest BCUT2D eigenvalue weighted by atomic mass is 10.2. The lowest BCUT2D eigenvalue weighted by Gasteiger charge is -2.09. The van der Waals surface area contributed by atoms with Gasteiger partial charge in [0.05, 0.1) is 11.9 Å². The maximum atomic E-state index is 5.80. The third-order valence-corrected chi connectivity index (χ3v) is 2.26. The molecule has 0 saturated carbocycles. The van der Waals surface area contributed by atoms with Crippen molar-refractivity contribution in [3.63, 3.8) is 0 Å². The Balaban J connectivity index is 2.40. The number of hydrogen-bond donors (Lipinski definition) is 1. The van der Waals surface area contributed by atoms with E-state index >= 15 is 0 Å². The zero-order valence-electron chi connectivity index (χ0n) is 8.63. The zero-order valence-corrected chi connectivity index (χ0v) is 9.39. The average Bonchev–Trinajstić information content (AvgIpc) is 2.30. The summed E-state index contributed by atoms with van der Waals surface area (Å²) in [5.74, 6) is 5.90. The van der Waals surface area contributed by atoms with Gasteiger partial charge in [0.1, 0.15) is 0 Å². The second-order valence-corrected chi connectivity index (χ2v) is 3.70. The van der Waals surface area contributed by atoms with Crippen molar-refractivity contribution in [1.82, 2.24) is 15.2 Å². The van der Waals surface area contributed by atoms with Crippen molar-refractivity contribution < 1.29 is 0 Å². The molecule has 0 saturated heterocycles. The highest BCUT2D eigenvalue weighted by Crippen LogP contribution is 2.19. The van der Waals surface area contributed by atoms with E-state index in [0.29, 0.717) is 16.7 Å². The van der Waals surface area contributed by atoms with E-state index in [-0.39, 0.29) is 0 Å². The summed E-state index contributed by atoms with van der Waals surface area (Å²) in [7, 11) is 1.66. The first-order chi connectivity index (χ1) is 7.66. The number of halogens is 1. The third kappa shape index (κ3) is 2.26. The van der Waals surface area contributed by atoms with E-state index in [1.54, 1.807) is 25.4 Å². The number of hydrogen-bond acceptors (Lipinski definition) is 5. The fourth-order valence-corrected chi connectivity index (χ4v) is 1.33. The molecule has 5 nitrogen and oxygen atoms in total. The van der Waals surface area contributed by atoms with Gasteiger partial charge in [0, 0.05) is 17.6 Å². The Kier molecular flexibility index (Phi) is 2.98. The molecule has 82 valence electrons. The highest BCUT2D eigenvalue weighted by molar-refractivity contribution is 6.30. The maximum absolute atomic E-state index is 5.80. The molecule has 0 radical (unpaired) electrons. The first kappa shape index (κ1) is 10.8. The van der Waals surface area contributed by atoms with Gasteiger partial charge in [-0.2, -0.15) is 5.10 Å². The predicted molar refractivity (Wildman–Crippen MR) is 62.9 cm³/mol. The van der Waals surface area contributed by atoms with Crippen LogP contribution in [0.4, 0.5) is 5.95 Å². The molecule has 0 aliphatic rings. The van der Waals surface area contributed by atoms with Crippen LogP contribution in [0.3, 0.4) is 0 Å². The topological polar surface area (TPSA) is 67.9 Å². The van der Waals surface area contributed by atoms with Gasteiger partial charge in [0.25, 0.3) is 5.95 Å². The molecule has 0 aliphatic heterocycles. The van der Waals surface area contributed by atoms with Crippen LogP contribution in [0.2, 0.25) is 5.02 Å². The molecule has 2 rings (SSSR count). The van der Waals surface area contributed by atoms with E-state index in [1.807, 2.05) is 12.1 Å². The summed E-state index contributed by atoms with van der Waals surface area (Å²) in [5, 5.41) is 9.63. The molecule has 0 spiro atoms. The first-order valence-corrected chi connectivity index (χ1v) is 4.99. The predicted octanol–water partition coefficient (Wildman–Crippen LogP) is 1.50. The number of anilines is 1. The summed E-state index contributed by atoms with van der Waals surface area (Å²) in [6.07, 6.45) is 1.58. The van der Waals surface area contributed by atoms with Crippen LogP contribution in [0.5, 0.6) is 0 Å². The van der Waals surface area contributed by atoms with E-state index in [4.69, 9.17) is 17.4 Å². The maximum Gasteiger partial charge on any atom is 0.259 e. The molecule has 0 aliphatic carbocycles. The molecular weight excluding hydrogens is 226 g/mol. The Hall–Kier alpha value is -1.72. The normalized spacial score (nSPS) is 10.2. The summed E-state index contributed by atoms with van der Waals surface area (Å²) in [6.45, 7) is 0. The van der Waals surface area contributed by atoms with E-state index < -0.39 is 0 Å². The fraction of sp³-hybridized carbons (Fsp3) is 0.100. The summed E-state index contributed by atoms with van der Waals surface area (Å²) in [4.78, 5) is 4.26. The summed E-state index contributed by atoms with van der Waals surface area (Å²) in [6, 6.07) is 7.33. The standard InChI is InChI=1S/C10H10ClN5/c1-16(12)10-14-9(6-13-15-10)7-2-4-8(11)5-3-7/h2-6H,12H2,1H3. The SMILES string of the molecule is CN(N)c1nncc(-c2ccc(Cl)cc2)n1. The summed E-state index contributed by atoms with van der Waals surface area (Å²) < 4.78 is 0. The second-order valence-electron chi connectivity index (χ2n) is 3.26. The number of rotatable bonds is 2. The lowest BCUT2D eigenvalue weighted by molar-refractivity contribution is 0.871. The van der Waals surface area contributed by atoms with Crippen LogP contribution in [0.15, 0.2) is 30.5 Å². The molecular formula is C10H10ClN5.